The van der Waals surface area contributed by atoms with Crippen LogP contribution in [0, 0.1) is 11.6 Å². The van der Waals surface area contributed by atoms with Crippen molar-refractivity contribution in [2.24, 2.45) is 0 Å². The SMILES string of the molecule is CC(Nc1ccc(Cl)c(F)c1)c1cc(F)ccc1O. The van der Waals surface area contributed by atoms with E-state index >= 15 is 0 Å². The molecule has 2 aromatic rings. The number of hydrogen-bond acceptors (Lipinski definition) is 2. The molecule has 0 aromatic heterocycles. The number of hydrogen-bond donors (Lipinski definition) is 2. The molecule has 0 aliphatic heterocycles. The van der Waals surface area contributed by atoms with Crippen molar-refractivity contribution in [2.75, 3.05) is 5.32 Å². The zero-order valence-electron chi connectivity index (χ0n) is 10.1. The molecule has 2 aromatic carbocycles. The Morgan fingerprint density at radius 1 is 1.16 bits per heavy atom. The summed E-state index contributed by atoms with van der Waals surface area (Å²) in [4.78, 5) is 0. The molecule has 0 bridgehead atoms. The smallest absolute Gasteiger partial charge is 0.143 e. The molecule has 0 saturated heterocycles. The molecule has 1 atom stereocenters. The molecule has 0 amide bonds. The Morgan fingerprint density at radius 3 is 2.58 bits per heavy atom. The number of anilines is 1. The van der Waals surface area contributed by atoms with E-state index in [2.05, 4.69) is 5.32 Å². The summed E-state index contributed by atoms with van der Waals surface area (Å²) in [5.74, 6) is -0.998. The number of phenolic OH excluding ortho intramolecular Hbond substituents is 1. The second kappa shape index (κ2) is 5.45. The van der Waals surface area contributed by atoms with Crippen LogP contribution < -0.4 is 5.32 Å². The third-order valence-corrected chi connectivity index (χ3v) is 3.07. The van der Waals surface area contributed by atoms with Crippen LogP contribution in [0.5, 0.6) is 5.75 Å². The Morgan fingerprint density at radius 2 is 1.89 bits per heavy atom. The van der Waals surface area contributed by atoms with Crippen LogP contribution in [0.25, 0.3) is 0 Å². The minimum atomic E-state index is -0.540. The van der Waals surface area contributed by atoms with E-state index < -0.39 is 11.6 Å². The molecule has 100 valence electrons. The summed E-state index contributed by atoms with van der Waals surface area (Å²) in [5.41, 5.74) is 0.897. The maximum absolute atomic E-state index is 13.3. The van der Waals surface area contributed by atoms with Crippen molar-refractivity contribution in [3.05, 3.63) is 58.6 Å². The lowest BCUT2D eigenvalue weighted by Crippen LogP contribution is -2.07. The number of nitrogens with one attached hydrogen (secondary N) is 1. The summed E-state index contributed by atoms with van der Waals surface area (Å²) in [7, 11) is 0. The number of rotatable bonds is 3. The number of benzene rings is 2. The highest BCUT2D eigenvalue weighted by Crippen LogP contribution is 2.28. The van der Waals surface area contributed by atoms with Gasteiger partial charge in [-0.15, -0.1) is 0 Å². The Bertz CT molecular complexity index is 604. The fraction of sp³-hybridized carbons (Fsp3) is 0.143. The first kappa shape index (κ1) is 13.6. The highest BCUT2D eigenvalue weighted by molar-refractivity contribution is 6.30. The predicted octanol–water partition coefficient (Wildman–Crippen LogP) is 4.50. The van der Waals surface area contributed by atoms with Crippen LogP contribution in [0.1, 0.15) is 18.5 Å². The van der Waals surface area contributed by atoms with E-state index in [0.717, 1.165) is 0 Å². The molecule has 0 aliphatic carbocycles. The standard InChI is InChI=1S/C14H12ClF2NO/c1-8(11-6-9(16)2-5-14(11)19)18-10-3-4-12(15)13(17)7-10/h2-8,18-19H,1H3. The van der Waals surface area contributed by atoms with E-state index in [1.807, 2.05) is 0 Å². The first-order valence-corrected chi connectivity index (χ1v) is 6.05. The number of phenols is 1. The summed E-state index contributed by atoms with van der Waals surface area (Å²) in [6.07, 6.45) is 0. The van der Waals surface area contributed by atoms with Gasteiger partial charge in [-0.1, -0.05) is 11.6 Å². The zero-order chi connectivity index (χ0) is 14.0. The van der Waals surface area contributed by atoms with Gasteiger partial charge in [-0.25, -0.2) is 8.78 Å². The molecule has 0 heterocycles. The van der Waals surface area contributed by atoms with Crippen molar-refractivity contribution in [2.45, 2.75) is 13.0 Å². The van der Waals surface area contributed by atoms with Gasteiger partial charge in [0.2, 0.25) is 0 Å². The van der Waals surface area contributed by atoms with Crippen molar-refractivity contribution in [1.29, 1.82) is 0 Å². The van der Waals surface area contributed by atoms with Crippen LogP contribution in [0.3, 0.4) is 0 Å². The fourth-order valence-electron chi connectivity index (χ4n) is 1.79. The van der Waals surface area contributed by atoms with Gasteiger partial charge in [-0.3, -0.25) is 0 Å². The Kier molecular flexibility index (Phi) is 3.90. The molecular formula is C14H12ClF2NO. The lowest BCUT2D eigenvalue weighted by molar-refractivity contribution is 0.462. The average molecular weight is 284 g/mol. The van der Waals surface area contributed by atoms with E-state index in [1.165, 1.54) is 30.3 Å². The molecule has 0 radical (unpaired) electrons. The molecule has 0 aliphatic rings. The van der Waals surface area contributed by atoms with Gasteiger partial charge in [0.05, 0.1) is 11.1 Å². The summed E-state index contributed by atoms with van der Waals surface area (Å²) < 4.78 is 26.4. The monoisotopic (exact) mass is 283 g/mol. The zero-order valence-corrected chi connectivity index (χ0v) is 10.9. The topological polar surface area (TPSA) is 32.3 Å². The number of aromatic hydroxyl groups is 1. The minimum absolute atomic E-state index is 0.0177. The van der Waals surface area contributed by atoms with Gasteiger partial charge in [-0.2, -0.15) is 0 Å². The molecule has 2 rings (SSSR count). The second-order valence-electron chi connectivity index (χ2n) is 4.20. The highest BCUT2D eigenvalue weighted by Gasteiger charge is 2.12. The van der Waals surface area contributed by atoms with Crippen LogP contribution in [-0.2, 0) is 0 Å². The summed E-state index contributed by atoms with van der Waals surface area (Å²) >= 11 is 5.59. The number of halogens is 3. The van der Waals surface area contributed by atoms with Crippen molar-refractivity contribution < 1.29 is 13.9 Å². The molecule has 5 heteroatoms. The maximum Gasteiger partial charge on any atom is 0.143 e. The van der Waals surface area contributed by atoms with Crippen LogP contribution in [0.15, 0.2) is 36.4 Å². The Hall–Kier alpha value is -1.81. The second-order valence-corrected chi connectivity index (χ2v) is 4.61. The molecule has 0 spiro atoms. The van der Waals surface area contributed by atoms with Crippen molar-refractivity contribution in [1.82, 2.24) is 0 Å². The Labute approximate surface area is 114 Å². The van der Waals surface area contributed by atoms with E-state index in [1.54, 1.807) is 13.0 Å². The molecule has 2 N–H and O–H groups in total. The van der Waals surface area contributed by atoms with Crippen molar-refractivity contribution >= 4 is 17.3 Å². The van der Waals surface area contributed by atoms with Crippen LogP contribution in [0.4, 0.5) is 14.5 Å². The predicted molar refractivity (Wildman–Crippen MR) is 71.5 cm³/mol. The van der Waals surface area contributed by atoms with Crippen molar-refractivity contribution in [3.63, 3.8) is 0 Å². The molecule has 19 heavy (non-hydrogen) atoms. The highest BCUT2D eigenvalue weighted by atomic mass is 35.5. The largest absolute Gasteiger partial charge is 0.508 e. The van der Waals surface area contributed by atoms with E-state index in [-0.39, 0.29) is 16.8 Å². The first-order valence-electron chi connectivity index (χ1n) is 5.67. The molecular weight excluding hydrogens is 272 g/mol. The summed E-state index contributed by atoms with van der Waals surface area (Å²) in [6.45, 7) is 1.74. The fourth-order valence-corrected chi connectivity index (χ4v) is 1.90. The van der Waals surface area contributed by atoms with Crippen LogP contribution >= 0.6 is 11.6 Å². The average Bonchev–Trinajstić information content (AvgIpc) is 2.36. The maximum atomic E-state index is 13.3. The van der Waals surface area contributed by atoms with E-state index in [4.69, 9.17) is 11.6 Å². The van der Waals surface area contributed by atoms with Gasteiger partial charge in [0.15, 0.2) is 0 Å². The van der Waals surface area contributed by atoms with Gasteiger partial charge in [0.1, 0.15) is 17.4 Å². The molecule has 1 unspecified atom stereocenters. The normalized spacial score (nSPS) is 12.2. The van der Waals surface area contributed by atoms with Gasteiger partial charge >= 0.3 is 0 Å². The summed E-state index contributed by atoms with van der Waals surface area (Å²) in [5, 5.41) is 12.7. The van der Waals surface area contributed by atoms with Gasteiger partial charge < -0.3 is 10.4 Å². The third kappa shape index (κ3) is 3.15. The lowest BCUT2D eigenvalue weighted by atomic mass is 10.1. The summed E-state index contributed by atoms with van der Waals surface area (Å²) in [6, 6.07) is 7.60. The molecule has 0 saturated carbocycles. The molecule has 2 nitrogen and oxygen atoms in total. The first-order chi connectivity index (χ1) is 8.97. The van der Waals surface area contributed by atoms with E-state index in [0.29, 0.717) is 11.3 Å². The van der Waals surface area contributed by atoms with Gasteiger partial charge in [-0.05, 0) is 43.3 Å². The van der Waals surface area contributed by atoms with Gasteiger partial charge in [0.25, 0.3) is 0 Å². The minimum Gasteiger partial charge on any atom is -0.508 e. The van der Waals surface area contributed by atoms with Gasteiger partial charge in [0, 0.05) is 11.3 Å². The quantitative estimate of drug-likeness (QED) is 0.869. The Balaban J connectivity index is 2.22. The van der Waals surface area contributed by atoms with Crippen LogP contribution in [0.2, 0.25) is 5.02 Å². The third-order valence-electron chi connectivity index (χ3n) is 2.76. The van der Waals surface area contributed by atoms with Crippen LogP contribution in [-0.4, -0.2) is 5.11 Å². The van der Waals surface area contributed by atoms with E-state index in [9.17, 15) is 13.9 Å². The van der Waals surface area contributed by atoms with Crippen molar-refractivity contribution in [3.8, 4) is 5.75 Å². The lowest BCUT2D eigenvalue weighted by Gasteiger charge is -2.17. The molecule has 0 fully saturated rings.